The molecule has 1 aromatic rings. The van der Waals surface area contributed by atoms with Crippen LogP contribution in [0.1, 0.15) is 12.8 Å². The van der Waals surface area contributed by atoms with E-state index in [1.807, 2.05) is 0 Å². The maximum absolute atomic E-state index is 12.0. The topological polar surface area (TPSA) is 69.6 Å². The van der Waals surface area contributed by atoms with E-state index < -0.39 is 11.8 Å². The lowest BCUT2D eigenvalue weighted by atomic mass is 9.98. The smallest absolute Gasteiger partial charge is 0.313 e. The van der Waals surface area contributed by atoms with Crippen molar-refractivity contribution >= 4 is 33.4 Å². The van der Waals surface area contributed by atoms with Gasteiger partial charge in [-0.2, -0.15) is 0 Å². The molecule has 2 rings (SSSR count). The maximum Gasteiger partial charge on any atom is 0.313 e. The molecule has 1 aliphatic heterocycles. The Kier molecular flexibility index (Phi) is 5.14. The molecule has 20 heavy (non-hydrogen) atoms. The fraction of sp³-hybridized carbons (Fsp3) is 0.429. The highest BCUT2D eigenvalue weighted by molar-refractivity contribution is 9.10. The lowest BCUT2D eigenvalue weighted by Gasteiger charge is -2.30. The van der Waals surface area contributed by atoms with Gasteiger partial charge in [-0.05, 0) is 43.0 Å². The van der Waals surface area contributed by atoms with Gasteiger partial charge in [-0.3, -0.25) is 9.59 Å². The molecular weight excluding hydrogens is 324 g/mol. The van der Waals surface area contributed by atoms with Gasteiger partial charge in [-0.1, -0.05) is 15.9 Å². The highest BCUT2D eigenvalue weighted by atomic mass is 79.9. The Morgan fingerprint density at radius 2 is 1.85 bits per heavy atom. The van der Waals surface area contributed by atoms with E-state index in [9.17, 15) is 9.59 Å². The Morgan fingerprint density at radius 1 is 1.25 bits per heavy atom. The number of amides is 2. The largest absolute Gasteiger partial charge is 0.396 e. The number of benzene rings is 1. The van der Waals surface area contributed by atoms with Crippen LogP contribution in [-0.2, 0) is 9.59 Å². The normalized spacial score (nSPS) is 16.0. The summed E-state index contributed by atoms with van der Waals surface area (Å²) in [7, 11) is 0. The number of aliphatic hydroxyl groups is 1. The number of carbonyl (C=O) groups is 2. The summed E-state index contributed by atoms with van der Waals surface area (Å²) in [4.78, 5) is 25.4. The molecule has 0 radical (unpaired) electrons. The highest BCUT2D eigenvalue weighted by Gasteiger charge is 2.26. The summed E-state index contributed by atoms with van der Waals surface area (Å²) in [5.74, 6) is -0.882. The molecule has 108 valence electrons. The third kappa shape index (κ3) is 3.80. The molecule has 1 fully saturated rings. The van der Waals surface area contributed by atoms with Crippen LogP contribution in [-0.4, -0.2) is 41.5 Å². The van der Waals surface area contributed by atoms with Crippen molar-refractivity contribution < 1.29 is 14.7 Å². The standard InChI is InChI=1S/C14H17BrN2O3/c15-11-1-3-12(4-2-11)16-13(19)14(20)17-7-5-10(9-18)6-8-17/h1-4,10,18H,5-9H2,(H,16,19). The second kappa shape index (κ2) is 6.85. The van der Waals surface area contributed by atoms with Crippen LogP contribution in [0.25, 0.3) is 0 Å². The van der Waals surface area contributed by atoms with Gasteiger partial charge >= 0.3 is 11.8 Å². The molecule has 1 saturated heterocycles. The van der Waals surface area contributed by atoms with Crippen LogP contribution >= 0.6 is 15.9 Å². The molecule has 0 aromatic heterocycles. The number of likely N-dealkylation sites (tertiary alicyclic amines) is 1. The summed E-state index contributed by atoms with van der Waals surface area (Å²) in [5.41, 5.74) is 0.594. The molecule has 0 bridgehead atoms. The molecule has 2 amide bonds. The van der Waals surface area contributed by atoms with Crippen molar-refractivity contribution in [3.8, 4) is 0 Å². The third-order valence-corrected chi connectivity index (χ3v) is 3.98. The molecule has 2 N–H and O–H groups in total. The first-order chi connectivity index (χ1) is 9.60. The summed E-state index contributed by atoms with van der Waals surface area (Å²) in [6.45, 7) is 1.20. The Balaban J connectivity index is 1.89. The maximum atomic E-state index is 12.0. The van der Waals surface area contributed by atoms with Crippen LogP contribution in [0, 0.1) is 5.92 Å². The van der Waals surface area contributed by atoms with Crippen molar-refractivity contribution in [1.29, 1.82) is 0 Å². The Bertz CT molecular complexity index is 482. The fourth-order valence-corrected chi connectivity index (χ4v) is 2.44. The molecule has 0 spiro atoms. The summed E-state index contributed by atoms with van der Waals surface area (Å²) >= 11 is 3.31. The summed E-state index contributed by atoms with van der Waals surface area (Å²) in [5, 5.41) is 11.6. The van der Waals surface area contributed by atoms with E-state index in [0.717, 1.165) is 17.3 Å². The number of halogens is 1. The number of hydrogen-bond donors (Lipinski definition) is 2. The Labute approximate surface area is 126 Å². The minimum atomic E-state index is -0.616. The van der Waals surface area contributed by atoms with Gasteiger partial charge in [0.25, 0.3) is 0 Å². The van der Waals surface area contributed by atoms with Gasteiger partial charge in [0.15, 0.2) is 0 Å². The second-order valence-corrected chi connectivity index (χ2v) is 5.79. The van der Waals surface area contributed by atoms with E-state index in [0.29, 0.717) is 18.8 Å². The van der Waals surface area contributed by atoms with Gasteiger partial charge < -0.3 is 15.3 Å². The first kappa shape index (κ1) is 15.0. The Hall–Kier alpha value is -1.40. The molecule has 0 atom stereocenters. The van der Waals surface area contributed by atoms with Crippen molar-refractivity contribution in [3.05, 3.63) is 28.7 Å². The first-order valence-corrected chi connectivity index (χ1v) is 7.36. The van der Waals surface area contributed by atoms with Crippen molar-refractivity contribution in [3.63, 3.8) is 0 Å². The zero-order valence-electron chi connectivity index (χ0n) is 11.0. The zero-order chi connectivity index (χ0) is 14.5. The molecule has 5 nitrogen and oxygen atoms in total. The summed E-state index contributed by atoms with van der Waals surface area (Å²) in [6.07, 6.45) is 1.49. The van der Waals surface area contributed by atoms with Crippen LogP contribution < -0.4 is 5.32 Å². The molecule has 1 aromatic carbocycles. The predicted molar refractivity (Wildman–Crippen MR) is 79.2 cm³/mol. The van der Waals surface area contributed by atoms with Crippen LogP contribution in [0.4, 0.5) is 5.69 Å². The fourth-order valence-electron chi connectivity index (χ4n) is 2.18. The van der Waals surface area contributed by atoms with E-state index in [1.165, 1.54) is 0 Å². The molecule has 0 unspecified atom stereocenters. The number of nitrogens with one attached hydrogen (secondary N) is 1. The number of carbonyl (C=O) groups excluding carboxylic acids is 2. The Morgan fingerprint density at radius 3 is 2.40 bits per heavy atom. The van der Waals surface area contributed by atoms with Gasteiger partial charge in [0.05, 0.1) is 0 Å². The highest BCUT2D eigenvalue weighted by Crippen LogP contribution is 2.17. The minimum absolute atomic E-state index is 0.146. The van der Waals surface area contributed by atoms with Crippen molar-refractivity contribution in [2.45, 2.75) is 12.8 Å². The van der Waals surface area contributed by atoms with Gasteiger partial charge in [0.2, 0.25) is 0 Å². The van der Waals surface area contributed by atoms with E-state index in [-0.39, 0.29) is 12.5 Å². The van der Waals surface area contributed by atoms with E-state index in [2.05, 4.69) is 21.2 Å². The van der Waals surface area contributed by atoms with E-state index in [1.54, 1.807) is 29.2 Å². The van der Waals surface area contributed by atoms with Crippen LogP contribution in [0.15, 0.2) is 28.7 Å². The zero-order valence-corrected chi connectivity index (χ0v) is 12.6. The second-order valence-electron chi connectivity index (χ2n) is 4.88. The number of piperidine rings is 1. The molecule has 1 heterocycles. The van der Waals surface area contributed by atoms with Gasteiger partial charge in [0.1, 0.15) is 0 Å². The molecular formula is C14H17BrN2O3. The van der Waals surface area contributed by atoms with Crippen LogP contribution in [0.3, 0.4) is 0 Å². The van der Waals surface area contributed by atoms with E-state index >= 15 is 0 Å². The van der Waals surface area contributed by atoms with Gasteiger partial charge in [0, 0.05) is 29.9 Å². The van der Waals surface area contributed by atoms with Crippen molar-refractivity contribution in [1.82, 2.24) is 4.90 Å². The van der Waals surface area contributed by atoms with Crippen molar-refractivity contribution in [2.75, 3.05) is 25.0 Å². The minimum Gasteiger partial charge on any atom is -0.396 e. The third-order valence-electron chi connectivity index (χ3n) is 3.46. The first-order valence-electron chi connectivity index (χ1n) is 6.57. The number of aliphatic hydroxyl groups excluding tert-OH is 1. The average Bonchev–Trinajstić information content (AvgIpc) is 2.49. The van der Waals surface area contributed by atoms with E-state index in [4.69, 9.17) is 5.11 Å². The predicted octanol–water partition coefficient (Wildman–Crippen LogP) is 1.62. The molecule has 0 saturated carbocycles. The van der Waals surface area contributed by atoms with Crippen LogP contribution in [0.2, 0.25) is 0 Å². The number of hydrogen-bond acceptors (Lipinski definition) is 3. The van der Waals surface area contributed by atoms with Crippen LogP contribution in [0.5, 0.6) is 0 Å². The summed E-state index contributed by atoms with van der Waals surface area (Å²) < 4.78 is 0.910. The average molecular weight is 341 g/mol. The number of rotatable bonds is 2. The summed E-state index contributed by atoms with van der Waals surface area (Å²) in [6, 6.07) is 7.06. The van der Waals surface area contributed by atoms with Gasteiger partial charge in [-0.15, -0.1) is 0 Å². The molecule has 1 aliphatic rings. The SMILES string of the molecule is O=C(Nc1ccc(Br)cc1)C(=O)N1CCC(CO)CC1. The lowest BCUT2D eigenvalue weighted by molar-refractivity contribution is -0.144. The quantitative estimate of drug-likeness (QED) is 0.803. The monoisotopic (exact) mass is 340 g/mol. The number of anilines is 1. The molecule has 0 aliphatic carbocycles. The van der Waals surface area contributed by atoms with Crippen molar-refractivity contribution in [2.24, 2.45) is 5.92 Å². The number of nitrogens with zero attached hydrogens (tertiary/aromatic N) is 1. The lowest BCUT2D eigenvalue weighted by Crippen LogP contribution is -2.44. The van der Waals surface area contributed by atoms with Gasteiger partial charge in [-0.25, -0.2) is 0 Å². The molecule has 6 heteroatoms.